The summed E-state index contributed by atoms with van der Waals surface area (Å²) in [5, 5.41) is 0. The second kappa shape index (κ2) is 5.69. The molecule has 0 saturated carbocycles. The van der Waals surface area contributed by atoms with Gasteiger partial charge in [0.15, 0.2) is 0 Å². The van der Waals surface area contributed by atoms with Crippen LogP contribution in [0.25, 0.3) is 0 Å². The van der Waals surface area contributed by atoms with E-state index in [2.05, 4.69) is 13.8 Å². The van der Waals surface area contributed by atoms with Gasteiger partial charge in [0.2, 0.25) is 0 Å². The molecule has 0 fully saturated rings. The van der Waals surface area contributed by atoms with Gasteiger partial charge in [-0.2, -0.15) is 0 Å². The van der Waals surface area contributed by atoms with Gasteiger partial charge >= 0.3 is 61.1 Å². The van der Waals surface area contributed by atoms with E-state index in [4.69, 9.17) is 0 Å². The summed E-state index contributed by atoms with van der Waals surface area (Å²) >= 11 is 1.88. The molecule has 0 aliphatic heterocycles. The van der Waals surface area contributed by atoms with Crippen molar-refractivity contribution in [3.8, 4) is 0 Å². The number of unbranched alkanes of at least 4 members (excludes halogenated alkanes) is 2. The van der Waals surface area contributed by atoms with Gasteiger partial charge in [0.05, 0.1) is 0 Å². The van der Waals surface area contributed by atoms with E-state index in [0.717, 1.165) is 4.71 Å². The first-order chi connectivity index (χ1) is 3.77. The predicted octanol–water partition coefficient (Wildman–Crippen LogP) is 2.01. The van der Waals surface area contributed by atoms with Crippen LogP contribution in [0.15, 0.2) is 0 Å². The second-order valence-corrected chi connectivity index (χ2v) is 4.86. The van der Waals surface area contributed by atoms with Crippen LogP contribution < -0.4 is 0 Å². The van der Waals surface area contributed by atoms with Crippen molar-refractivity contribution in [1.82, 2.24) is 0 Å². The van der Waals surface area contributed by atoms with Crippen molar-refractivity contribution in [2.24, 2.45) is 0 Å². The molecular weight excluding hydrogens is 159 g/mol. The molecule has 0 aliphatic rings. The molecule has 8 heavy (non-hydrogen) atoms. The average Bonchev–Trinajstić information content (AvgIpc) is 1.66. The maximum absolute atomic E-state index is 2.32. The fourth-order valence-electron chi connectivity index (χ4n) is 0.716. The molecule has 0 aromatic heterocycles. The maximum atomic E-state index is 2.32. The SMILES string of the molecule is CCCCCC(C)[AsH2]. The molecule has 2 atom stereocenters. The standard InChI is InChI=1S/C7H17As/c1-3-4-5-6-7(2)8/h7H,3-6,8H2,1-2H3. The molecule has 2 unspecified atom stereocenters. The molecule has 0 aromatic carbocycles. The normalized spacial score (nSPS) is 13.9. The molecule has 0 rings (SSSR count). The topological polar surface area (TPSA) is 0 Å². The van der Waals surface area contributed by atoms with Crippen molar-refractivity contribution < 1.29 is 0 Å². The molecule has 0 aliphatic carbocycles. The first-order valence-corrected chi connectivity index (χ1v) is 4.92. The Bertz CT molecular complexity index is 41.7. The fraction of sp³-hybridized carbons (Fsp3) is 1.00. The van der Waals surface area contributed by atoms with Gasteiger partial charge < -0.3 is 0 Å². The van der Waals surface area contributed by atoms with Gasteiger partial charge in [-0.1, -0.05) is 0 Å². The van der Waals surface area contributed by atoms with Crippen LogP contribution in [0, 0.1) is 0 Å². The van der Waals surface area contributed by atoms with Crippen molar-refractivity contribution in [3.05, 3.63) is 0 Å². The molecule has 0 radical (unpaired) electrons. The van der Waals surface area contributed by atoms with Crippen LogP contribution in [0.4, 0.5) is 0 Å². The quantitative estimate of drug-likeness (QED) is 0.454. The summed E-state index contributed by atoms with van der Waals surface area (Å²) in [6.07, 6.45) is 5.66. The number of hydrogen-bond acceptors (Lipinski definition) is 0. The van der Waals surface area contributed by atoms with Crippen LogP contribution in [-0.4, -0.2) is 16.9 Å². The number of rotatable bonds is 4. The Kier molecular flexibility index (Phi) is 6.09. The zero-order chi connectivity index (χ0) is 6.41. The van der Waals surface area contributed by atoms with Crippen LogP contribution in [-0.2, 0) is 0 Å². The van der Waals surface area contributed by atoms with Crippen molar-refractivity contribution in [1.29, 1.82) is 0 Å². The van der Waals surface area contributed by atoms with Gasteiger partial charge in [-0.05, 0) is 0 Å². The van der Waals surface area contributed by atoms with E-state index in [0.29, 0.717) is 0 Å². The molecule has 0 nitrogen and oxygen atoms in total. The molecule has 0 spiro atoms. The van der Waals surface area contributed by atoms with E-state index in [1.165, 1.54) is 25.7 Å². The summed E-state index contributed by atoms with van der Waals surface area (Å²) in [4.78, 5) is 0. The predicted molar refractivity (Wildman–Crippen MR) is 42.1 cm³/mol. The first-order valence-electron chi connectivity index (χ1n) is 3.53. The Hall–Kier alpha value is 0.558. The molecule has 0 amide bonds. The van der Waals surface area contributed by atoms with Gasteiger partial charge in [-0.3, -0.25) is 0 Å². The summed E-state index contributed by atoms with van der Waals surface area (Å²) in [6, 6.07) is 0. The van der Waals surface area contributed by atoms with Gasteiger partial charge in [-0.25, -0.2) is 0 Å². The molecular formula is C7H17As. The van der Waals surface area contributed by atoms with Gasteiger partial charge in [0.25, 0.3) is 0 Å². The Balaban J connectivity index is 2.72. The summed E-state index contributed by atoms with van der Waals surface area (Å²) in [6.45, 7) is 4.57. The molecule has 0 aromatic rings. The summed E-state index contributed by atoms with van der Waals surface area (Å²) in [7, 11) is 0. The van der Waals surface area contributed by atoms with E-state index in [-0.39, 0.29) is 0 Å². The second-order valence-electron chi connectivity index (χ2n) is 2.47. The molecule has 0 heterocycles. The molecule has 0 N–H and O–H groups in total. The third kappa shape index (κ3) is 6.56. The zero-order valence-electron chi connectivity index (χ0n) is 5.98. The van der Waals surface area contributed by atoms with Gasteiger partial charge in [0.1, 0.15) is 0 Å². The number of hydrogen-bond donors (Lipinski definition) is 0. The van der Waals surface area contributed by atoms with E-state index >= 15 is 0 Å². The molecule has 1 heteroatoms. The molecule has 0 bridgehead atoms. The summed E-state index contributed by atoms with van der Waals surface area (Å²) in [5.41, 5.74) is 0. The fourth-order valence-corrected chi connectivity index (χ4v) is 1.21. The minimum absolute atomic E-state index is 0.967. The Labute approximate surface area is 61.5 Å². The van der Waals surface area contributed by atoms with E-state index in [1.807, 2.05) is 16.9 Å². The van der Waals surface area contributed by atoms with Crippen molar-refractivity contribution in [2.75, 3.05) is 0 Å². The average molecular weight is 176 g/mol. The third-order valence-corrected chi connectivity index (χ3v) is 1.96. The summed E-state index contributed by atoms with van der Waals surface area (Å²) < 4.78 is 0.967. The third-order valence-electron chi connectivity index (χ3n) is 1.26. The van der Waals surface area contributed by atoms with E-state index in [9.17, 15) is 0 Å². The first kappa shape index (κ1) is 8.56. The van der Waals surface area contributed by atoms with Crippen molar-refractivity contribution >= 4 is 16.9 Å². The van der Waals surface area contributed by atoms with Crippen molar-refractivity contribution in [3.63, 3.8) is 0 Å². The Morgan fingerprint density at radius 1 is 1.38 bits per heavy atom. The molecule has 0 saturated heterocycles. The van der Waals surface area contributed by atoms with Crippen LogP contribution in [0.1, 0.15) is 39.5 Å². The van der Waals surface area contributed by atoms with Crippen LogP contribution in [0.5, 0.6) is 0 Å². The van der Waals surface area contributed by atoms with Crippen LogP contribution in [0.2, 0.25) is 4.71 Å². The minimum atomic E-state index is 0.967. The van der Waals surface area contributed by atoms with E-state index in [1.54, 1.807) is 0 Å². The van der Waals surface area contributed by atoms with Gasteiger partial charge in [0, 0.05) is 0 Å². The van der Waals surface area contributed by atoms with Crippen molar-refractivity contribution in [2.45, 2.75) is 44.2 Å². The monoisotopic (exact) mass is 176 g/mol. The zero-order valence-corrected chi connectivity index (χ0v) is 8.41. The van der Waals surface area contributed by atoms with Crippen LogP contribution >= 0.6 is 0 Å². The van der Waals surface area contributed by atoms with E-state index < -0.39 is 0 Å². The van der Waals surface area contributed by atoms with Gasteiger partial charge in [-0.15, -0.1) is 0 Å². The Morgan fingerprint density at radius 2 is 2.00 bits per heavy atom. The van der Waals surface area contributed by atoms with Crippen LogP contribution in [0.3, 0.4) is 0 Å². The molecule has 50 valence electrons. The Morgan fingerprint density at radius 3 is 2.38 bits per heavy atom. The summed E-state index contributed by atoms with van der Waals surface area (Å²) in [5.74, 6) is 0.